The first-order chi connectivity index (χ1) is 7.89. The van der Waals surface area contributed by atoms with E-state index >= 15 is 0 Å². The molecule has 1 aliphatic rings. The van der Waals surface area contributed by atoms with E-state index in [2.05, 4.69) is 5.32 Å². The van der Waals surface area contributed by atoms with Crippen LogP contribution in [0.2, 0.25) is 0 Å². The monoisotopic (exact) mass is 242 g/mol. The molecule has 1 unspecified atom stereocenters. The van der Waals surface area contributed by atoms with Crippen molar-refractivity contribution in [1.29, 1.82) is 0 Å². The summed E-state index contributed by atoms with van der Waals surface area (Å²) in [5.74, 6) is -0.0380. The van der Waals surface area contributed by atoms with Gasteiger partial charge in [-0.1, -0.05) is 0 Å². The van der Waals surface area contributed by atoms with Gasteiger partial charge in [-0.2, -0.15) is 0 Å². The molecule has 0 aromatic rings. The first kappa shape index (κ1) is 14.0. The van der Waals surface area contributed by atoms with Crippen molar-refractivity contribution >= 4 is 11.8 Å². The summed E-state index contributed by atoms with van der Waals surface area (Å²) in [7, 11) is 1.62. The van der Waals surface area contributed by atoms with Gasteiger partial charge in [-0.25, -0.2) is 0 Å². The SMILES string of the molecule is CNC(=O)C1(C)CCN(C(=O)COC(C)C)C1. The van der Waals surface area contributed by atoms with Gasteiger partial charge in [0.15, 0.2) is 0 Å². The second kappa shape index (κ2) is 5.49. The standard InChI is InChI=1S/C12H22N2O3/c1-9(2)17-7-10(15)14-6-5-12(3,8-14)11(16)13-4/h9H,5-8H2,1-4H3,(H,13,16). The summed E-state index contributed by atoms with van der Waals surface area (Å²) in [6.45, 7) is 6.89. The Labute approximate surface area is 102 Å². The molecule has 1 heterocycles. The number of nitrogens with zero attached hydrogens (tertiary/aromatic N) is 1. The zero-order valence-corrected chi connectivity index (χ0v) is 11.1. The van der Waals surface area contributed by atoms with Crippen LogP contribution in [-0.4, -0.2) is 49.6 Å². The minimum absolute atomic E-state index is 0.00224. The van der Waals surface area contributed by atoms with E-state index in [9.17, 15) is 9.59 Å². The zero-order valence-electron chi connectivity index (χ0n) is 11.1. The number of rotatable bonds is 4. The van der Waals surface area contributed by atoms with Crippen LogP contribution in [-0.2, 0) is 14.3 Å². The summed E-state index contributed by atoms with van der Waals surface area (Å²) in [5, 5.41) is 2.65. The summed E-state index contributed by atoms with van der Waals surface area (Å²) >= 11 is 0. The number of hydrogen-bond acceptors (Lipinski definition) is 3. The highest BCUT2D eigenvalue weighted by Gasteiger charge is 2.41. The molecular weight excluding hydrogens is 220 g/mol. The Kier molecular flexibility index (Phi) is 4.51. The van der Waals surface area contributed by atoms with Gasteiger partial charge >= 0.3 is 0 Å². The maximum Gasteiger partial charge on any atom is 0.248 e. The summed E-state index contributed by atoms with van der Waals surface area (Å²) in [4.78, 5) is 25.2. The van der Waals surface area contributed by atoms with Crippen molar-refractivity contribution in [2.24, 2.45) is 5.41 Å². The quantitative estimate of drug-likeness (QED) is 0.776. The third kappa shape index (κ3) is 3.43. The highest BCUT2D eigenvalue weighted by atomic mass is 16.5. The lowest BCUT2D eigenvalue weighted by Crippen LogP contribution is -2.41. The molecule has 5 heteroatoms. The average Bonchev–Trinajstić information content (AvgIpc) is 2.69. The van der Waals surface area contributed by atoms with Crippen molar-refractivity contribution in [2.75, 3.05) is 26.7 Å². The van der Waals surface area contributed by atoms with Crippen LogP contribution in [0.15, 0.2) is 0 Å². The van der Waals surface area contributed by atoms with E-state index in [1.807, 2.05) is 20.8 Å². The predicted molar refractivity (Wildman–Crippen MR) is 64.5 cm³/mol. The van der Waals surface area contributed by atoms with Crippen LogP contribution in [0.25, 0.3) is 0 Å². The molecule has 0 radical (unpaired) electrons. The lowest BCUT2D eigenvalue weighted by atomic mass is 9.89. The fourth-order valence-corrected chi connectivity index (χ4v) is 1.99. The average molecular weight is 242 g/mol. The molecule has 0 aliphatic carbocycles. The van der Waals surface area contributed by atoms with Crippen molar-refractivity contribution in [2.45, 2.75) is 33.3 Å². The smallest absolute Gasteiger partial charge is 0.248 e. The maximum absolute atomic E-state index is 11.8. The molecular formula is C12H22N2O3. The van der Waals surface area contributed by atoms with Gasteiger partial charge < -0.3 is 15.0 Å². The lowest BCUT2D eigenvalue weighted by molar-refractivity contribution is -0.137. The van der Waals surface area contributed by atoms with Gasteiger partial charge in [0.2, 0.25) is 11.8 Å². The first-order valence-electron chi connectivity index (χ1n) is 6.00. The Morgan fingerprint density at radius 1 is 1.47 bits per heavy atom. The molecule has 98 valence electrons. The number of nitrogens with one attached hydrogen (secondary N) is 1. The van der Waals surface area contributed by atoms with Crippen molar-refractivity contribution in [1.82, 2.24) is 10.2 Å². The van der Waals surface area contributed by atoms with Crippen molar-refractivity contribution in [3.63, 3.8) is 0 Å². The first-order valence-corrected chi connectivity index (χ1v) is 6.00. The van der Waals surface area contributed by atoms with E-state index in [1.165, 1.54) is 0 Å². The Morgan fingerprint density at radius 3 is 2.65 bits per heavy atom. The summed E-state index contributed by atoms with van der Waals surface area (Å²) < 4.78 is 5.28. The van der Waals surface area contributed by atoms with E-state index in [1.54, 1.807) is 11.9 Å². The number of likely N-dealkylation sites (tertiary alicyclic amines) is 1. The molecule has 1 atom stereocenters. The maximum atomic E-state index is 11.8. The van der Waals surface area contributed by atoms with Crippen LogP contribution >= 0.6 is 0 Å². The van der Waals surface area contributed by atoms with E-state index in [0.717, 1.165) is 0 Å². The Hall–Kier alpha value is -1.10. The molecule has 1 rings (SSSR count). The fourth-order valence-electron chi connectivity index (χ4n) is 1.99. The molecule has 1 aliphatic heterocycles. The lowest BCUT2D eigenvalue weighted by Gasteiger charge is -2.22. The van der Waals surface area contributed by atoms with E-state index in [4.69, 9.17) is 4.74 Å². The van der Waals surface area contributed by atoms with Crippen LogP contribution in [0.3, 0.4) is 0 Å². The van der Waals surface area contributed by atoms with E-state index < -0.39 is 5.41 Å². The number of carbonyl (C=O) groups excluding carboxylic acids is 2. The molecule has 5 nitrogen and oxygen atoms in total. The summed E-state index contributed by atoms with van der Waals surface area (Å²) in [6.07, 6.45) is 0.756. The van der Waals surface area contributed by atoms with Crippen molar-refractivity contribution in [3.8, 4) is 0 Å². The molecule has 0 spiro atoms. The highest BCUT2D eigenvalue weighted by molar-refractivity contribution is 5.85. The fraction of sp³-hybridized carbons (Fsp3) is 0.833. The number of hydrogen-bond donors (Lipinski definition) is 1. The highest BCUT2D eigenvalue weighted by Crippen LogP contribution is 2.29. The van der Waals surface area contributed by atoms with Crippen LogP contribution in [0.4, 0.5) is 0 Å². The van der Waals surface area contributed by atoms with Gasteiger partial charge in [-0.15, -0.1) is 0 Å². The minimum Gasteiger partial charge on any atom is -0.369 e. The Morgan fingerprint density at radius 2 is 2.12 bits per heavy atom. The molecule has 0 aromatic carbocycles. The molecule has 1 N–H and O–H groups in total. The predicted octanol–water partition coefficient (Wildman–Crippen LogP) is 0.396. The van der Waals surface area contributed by atoms with Crippen LogP contribution in [0.1, 0.15) is 27.2 Å². The normalized spacial score (nSPS) is 24.2. The van der Waals surface area contributed by atoms with Gasteiger partial charge in [0, 0.05) is 20.1 Å². The van der Waals surface area contributed by atoms with Gasteiger partial charge in [0.25, 0.3) is 0 Å². The van der Waals surface area contributed by atoms with Gasteiger partial charge in [0.05, 0.1) is 11.5 Å². The third-order valence-corrected chi connectivity index (χ3v) is 3.14. The Bertz CT molecular complexity index is 304. The van der Waals surface area contributed by atoms with Crippen LogP contribution in [0, 0.1) is 5.41 Å². The molecule has 17 heavy (non-hydrogen) atoms. The molecule has 0 bridgehead atoms. The van der Waals surface area contributed by atoms with Gasteiger partial charge in [0.1, 0.15) is 6.61 Å². The van der Waals surface area contributed by atoms with E-state index in [-0.39, 0.29) is 24.5 Å². The number of amides is 2. The molecule has 1 fully saturated rings. The third-order valence-electron chi connectivity index (χ3n) is 3.14. The topological polar surface area (TPSA) is 58.6 Å². The Balaban J connectivity index is 2.49. The molecule has 1 saturated heterocycles. The molecule has 2 amide bonds. The number of ether oxygens (including phenoxy) is 1. The van der Waals surface area contributed by atoms with E-state index in [0.29, 0.717) is 19.5 Å². The van der Waals surface area contributed by atoms with Gasteiger partial charge in [-0.3, -0.25) is 9.59 Å². The molecule has 0 saturated carbocycles. The minimum atomic E-state index is -0.456. The molecule has 0 aromatic heterocycles. The second-order valence-electron chi connectivity index (χ2n) is 5.06. The summed E-state index contributed by atoms with van der Waals surface area (Å²) in [5.41, 5.74) is -0.456. The van der Waals surface area contributed by atoms with Crippen LogP contribution in [0.5, 0.6) is 0 Å². The van der Waals surface area contributed by atoms with Crippen molar-refractivity contribution in [3.05, 3.63) is 0 Å². The zero-order chi connectivity index (χ0) is 13.1. The number of carbonyl (C=O) groups is 2. The summed E-state index contributed by atoms with van der Waals surface area (Å²) in [6, 6.07) is 0. The van der Waals surface area contributed by atoms with Crippen molar-refractivity contribution < 1.29 is 14.3 Å². The van der Waals surface area contributed by atoms with Crippen LogP contribution < -0.4 is 5.32 Å². The van der Waals surface area contributed by atoms with Gasteiger partial charge in [-0.05, 0) is 27.2 Å². The second-order valence-corrected chi connectivity index (χ2v) is 5.06. The largest absolute Gasteiger partial charge is 0.369 e.